The molecule has 5 heteroatoms. The Kier molecular flexibility index (Phi) is 3.04. The SMILES string of the molecule is CSc1ccc(S(=O)(=O)Cl)cc1. The van der Waals surface area contributed by atoms with Crippen LogP contribution in [0.2, 0.25) is 0 Å². The minimum atomic E-state index is -3.56. The summed E-state index contributed by atoms with van der Waals surface area (Å²) < 4.78 is 21.6. The Bertz CT molecular complexity index is 355. The van der Waals surface area contributed by atoms with Crippen molar-refractivity contribution >= 4 is 31.5 Å². The fourth-order valence-corrected chi connectivity index (χ4v) is 1.92. The van der Waals surface area contributed by atoms with Gasteiger partial charge in [-0.2, -0.15) is 0 Å². The van der Waals surface area contributed by atoms with Gasteiger partial charge in [-0.15, -0.1) is 11.8 Å². The van der Waals surface area contributed by atoms with E-state index in [0.717, 1.165) is 4.90 Å². The molecule has 0 amide bonds. The summed E-state index contributed by atoms with van der Waals surface area (Å²) in [5, 5.41) is 0. The zero-order valence-corrected chi connectivity index (χ0v) is 8.71. The monoisotopic (exact) mass is 222 g/mol. The van der Waals surface area contributed by atoms with Crippen molar-refractivity contribution in [1.82, 2.24) is 0 Å². The molecule has 66 valence electrons. The molecule has 0 fully saturated rings. The van der Waals surface area contributed by atoms with Crippen LogP contribution in [0.3, 0.4) is 0 Å². The van der Waals surface area contributed by atoms with Crippen molar-refractivity contribution in [1.29, 1.82) is 0 Å². The molecule has 0 aliphatic rings. The van der Waals surface area contributed by atoms with Gasteiger partial charge in [-0.1, -0.05) is 0 Å². The fourth-order valence-electron chi connectivity index (χ4n) is 0.738. The average molecular weight is 223 g/mol. The molecule has 0 aromatic heterocycles. The van der Waals surface area contributed by atoms with Crippen LogP contribution >= 0.6 is 22.4 Å². The molecule has 1 rings (SSSR count). The quantitative estimate of drug-likeness (QED) is 0.569. The highest BCUT2D eigenvalue weighted by molar-refractivity contribution is 8.13. The minimum absolute atomic E-state index is 0.141. The second-order valence-electron chi connectivity index (χ2n) is 2.11. The lowest BCUT2D eigenvalue weighted by atomic mass is 10.4. The van der Waals surface area contributed by atoms with E-state index < -0.39 is 9.05 Å². The lowest BCUT2D eigenvalue weighted by Gasteiger charge is -1.97. The van der Waals surface area contributed by atoms with Crippen LogP contribution in [-0.2, 0) is 9.05 Å². The molecule has 0 atom stereocenters. The molecule has 2 nitrogen and oxygen atoms in total. The van der Waals surface area contributed by atoms with Gasteiger partial charge in [-0.25, -0.2) is 8.42 Å². The number of halogens is 1. The second kappa shape index (κ2) is 3.68. The number of rotatable bonds is 2. The maximum Gasteiger partial charge on any atom is 0.261 e. The largest absolute Gasteiger partial charge is 0.261 e. The van der Waals surface area contributed by atoms with E-state index in [9.17, 15) is 8.42 Å². The van der Waals surface area contributed by atoms with E-state index >= 15 is 0 Å². The summed E-state index contributed by atoms with van der Waals surface area (Å²) >= 11 is 1.55. The first-order valence-corrected chi connectivity index (χ1v) is 6.66. The van der Waals surface area contributed by atoms with Crippen molar-refractivity contribution in [3.8, 4) is 0 Å². The molecular formula is C7H7ClO2S2. The van der Waals surface area contributed by atoms with Crippen LogP contribution in [0.5, 0.6) is 0 Å². The summed E-state index contributed by atoms with van der Waals surface area (Å²) in [5.41, 5.74) is 0. The van der Waals surface area contributed by atoms with Gasteiger partial charge in [0.15, 0.2) is 0 Å². The normalized spacial score (nSPS) is 11.5. The lowest BCUT2D eigenvalue weighted by Crippen LogP contribution is -1.88. The van der Waals surface area contributed by atoms with Gasteiger partial charge in [-0.05, 0) is 30.5 Å². The van der Waals surface area contributed by atoms with Gasteiger partial charge < -0.3 is 0 Å². The highest BCUT2D eigenvalue weighted by atomic mass is 35.7. The predicted molar refractivity (Wildman–Crippen MR) is 51.3 cm³/mol. The zero-order valence-electron chi connectivity index (χ0n) is 6.32. The van der Waals surface area contributed by atoms with Crippen molar-refractivity contribution in [3.05, 3.63) is 24.3 Å². The number of hydrogen-bond acceptors (Lipinski definition) is 3. The maximum atomic E-state index is 10.8. The van der Waals surface area contributed by atoms with Crippen LogP contribution in [0.1, 0.15) is 0 Å². The first-order valence-electron chi connectivity index (χ1n) is 3.13. The molecule has 0 aliphatic carbocycles. The molecule has 0 radical (unpaired) electrons. The van der Waals surface area contributed by atoms with Crippen molar-refractivity contribution in [3.63, 3.8) is 0 Å². The molecule has 0 bridgehead atoms. The Hall–Kier alpha value is -0.190. The molecule has 0 N–H and O–H groups in total. The van der Waals surface area contributed by atoms with Gasteiger partial charge in [0, 0.05) is 15.6 Å². The molecule has 0 saturated carbocycles. The number of thioether (sulfide) groups is 1. The fraction of sp³-hybridized carbons (Fsp3) is 0.143. The highest BCUT2D eigenvalue weighted by Gasteiger charge is 2.08. The Morgan fingerprint density at radius 2 is 1.75 bits per heavy atom. The van der Waals surface area contributed by atoms with Crippen LogP contribution in [0.15, 0.2) is 34.1 Å². The lowest BCUT2D eigenvalue weighted by molar-refractivity contribution is 0.609. The maximum absolute atomic E-state index is 10.8. The molecule has 0 aliphatic heterocycles. The van der Waals surface area contributed by atoms with E-state index in [4.69, 9.17) is 10.7 Å². The molecule has 0 spiro atoms. The highest BCUT2D eigenvalue weighted by Crippen LogP contribution is 2.19. The molecule has 0 unspecified atom stereocenters. The third-order valence-electron chi connectivity index (χ3n) is 1.34. The van der Waals surface area contributed by atoms with Gasteiger partial charge in [0.05, 0.1) is 4.90 Å². The van der Waals surface area contributed by atoms with Gasteiger partial charge >= 0.3 is 0 Å². The summed E-state index contributed by atoms with van der Waals surface area (Å²) in [4.78, 5) is 1.15. The van der Waals surface area contributed by atoms with Gasteiger partial charge in [0.1, 0.15) is 0 Å². The zero-order chi connectivity index (χ0) is 9.19. The van der Waals surface area contributed by atoms with Crippen LogP contribution in [0.4, 0.5) is 0 Å². The standard InChI is InChI=1S/C7H7ClO2S2/c1-11-6-2-4-7(5-3-6)12(8,9)10/h2-5H,1H3. The van der Waals surface area contributed by atoms with Gasteiger partial charge in [0.25, 0.3) is 9.05 Å². The Morgan fingerprint density at radius 3 is 2.08 bits per heavy atom. The minimum Gasteiger partial charge on any atom is -0.207 e. The molecule has 0 heterocycles. The summed E-state index contributed by atoms with van der Waals surface area (Å²) in [7, 11) is 1.55. The van der Waals surface area contributed by atoms with E-state index in [1.54, 1.807) is 23.9 Å². The van der Waals surface area contributed by atoms with Crippen molar-refractivity contribution in [2.24, 2.45) is 0 Å². The first kappa shape index (κ1) is 9.89. The van der Waals surface area contributed by atoms with E-state index in [1.807, 2.05) is 6.26 Å². The summed E-state index contributed by atoms with van der Waals surface area (Å²) in [6.07, 6.45) is 1.92. The average Bonchev–Trinajstić information content (AvgIpc) is 2.03. The molecule has 1 aromatic rings. The van der Waals surface area contributed by atoms with E-state index in [1.165, 1.54) is 12.1 Å². The summed E-state index contributed by atoms with van der Waals surface area (Å²) in [6.45, 7) is 0. The molecular weight excluding hydrogens is 216 g/mol. The van der Waals surface area contributed by atoms with Crippen molar-refractivity contribution in [2.45, 2.75) is 9.79 Å². The topological polar surface area (TPSA) is 34.1 Å². The van der Waals surface area contributed by atoms with Gasteiger partial charge in [-0.3, -0.25) is 0 Å². The Balaban J connectivity index is 3.09. The van der Waals surface area contributed by atoms with E-state index in [-0.39, 0.29) is 4.90 Å². The Labute approximate surface area is 80.4 Å². The van der Waals surface area contributed by atoms with Crippen molar-refractivity contribution in [2.75, 3.05) is 6.26 Å². The smallest absolute Gasteiger partial charge is 0.207 e. The molecule has 12 heavy (non-hydrogen) atoms. The third kappa shape index (κ3) is 2.40. The summed E-state index contributed by atoms with van der Waals surface area (Å²) in [5.74, 6) is 0. The third-order valence-corrected chi connectivity index (χ3v) is 3.45. The van der Waals surface area contributed by atoms with E-state index in [0.29, 0.717) is 0 Å². The predicted octanol–water partition coefficient (Wildman–Crippen LogP) is 2.34. The van der Waals surface area contributed by atoms with Crippen LogP contribution < -0.4 is 0 Å². The number of benzene rings is 1. The van der Waals surface area contributed by atoms with Crippen LogP contribution in [0.25, 0.3) is 0 Å². The van der Waals surface area contributed by atoms with Gasteiger partial charge in [0.2, 0.25) is 0 Å². The summed E-state index contributed by atoms with van der Waals surface area (Å²) in [6, 6.07) is 6.43. The number of hydrogen-bond donors (Lipinski definition) is 0. The van der Waals surface area contributed by atoms with Crippen molar-refractivity contribution < 1.29 is 8.42 Å². The first-order chi connectivity index (χ1) is 5.54. The molecule has 0 saturated heterocycles. The van der Waals surface area contributed by atoms with E-state index in [2.05, 4.69) is 0 Å². The second-order valence-corrected chi connectivity index (χ2v) is 5.56. The van der Waals surface area contributed by atoms with Crippen LogP contribution in [0, 0.1) is 0 Å². The van der Waals surface area contributed by atoms with Crippen LogP contribution in [-0.4, -0.2) is 14.7 Å². The molecule has 1 aromatic carbocycles. The Morgan fingerprint density at radius 1 is 1.25 bits per heavy atom.